The van der Waals surface area contributed by atoms with Crippen LogP contribution in [0, 0.1) is 20.8 Å². The molecule has 202 valence electrons. The lowest BCUT2D eigenvalue weighted by molar-refractivity contribution is -0.116. The molecule has 4 heterocycles. The van der Waals surface area contributed by atoms with Crippen molar-refractivity contribution in [1.29, 1.82) is 0 Å². The molecule has 1 amide bonds. The molecule has 0 saturated heterocycles. The molecule has 5 aromatic rings. The molecule has 0 aliphatic heterocycles. The highest BCUT2D eigenvalue weighted by Gasteiger charge is 2.23. The number of pyridine rings is 1. The average Bonchev–Trinajstić information content (AvgIpc) is 3.53. The van der Waals surface area contributed by atoms with Crippen LogP contribution in [0.5, 0.6) is 0 Å². The van der Waals surface area contributed by atoms with E-state index in [0.29, 0.717) is 56.2 Å². The Hall–Kier alpha value is -3.83. The highest BCUT2D eigenvalue weighted by molar-refractivity contribution is 6.36. The van der Waals surface area contributed by atoms with Crippen molar-refractivity contribution in [2.45, 2.75) is 40.3 Å². The molecule has 5 rings (SSSR count). The molecule has 13 heteroatoms. The Bertz CT molecular complexity index is 1700. The van der Waals surface area contributed by atoms with Crippen LogP contribution in [0.4, 0.5) is 14.5 Å². The Morgan fingerprint density at radius 3 is 2.41 bits per heavy atom. The molecule has 0 spiro atoms. The smallest absolute Gasteiger partial charge is 0.264 e. The summed E-state index contributed by atoms with van der Waals surface area (Å²) in [5.74, 6) is -0.409. The topological polar surface area (TPSA) is 95.5 Å². The van der Waals surface area contributed by atoms with Gasteiger partial charge in [-0.3, -0.25) is 14.2 Å². The number of nitrogens with zero attached hydrogens (tertiary/aromatic N) is 7. The van der Waals surface area contributed by atoms with E-state index >= 15 is 0 Å². The number of anilines is 1. The van der Waals surface area contributed by atoms with Gasteiger partial charge in [0.15, 0.2) is 5.65 Å². The molecule has 0 saturated carbocycles. The molecular formula is C26H24Cl2F2N8O. The summed E-state index contributed by atoms with van der Waals surface area (Å²) < 4.78 is 32.7. The van der Waals surface area contributed by atoms with Crippen molar-refractivity contribution in [3.8, 4) is 11.3 Å². The first-order valence-corrected chi connectivity index (χ1v) is 12.7. The highest BCUT2D eigenvalue weighted by Crippen LogP contribution is 2.33. The molecule has 0 aliphatic rings. The fourth-order valence-corrected chi connectivity index (χ4v) is 5.07. The molecule has 1 aromatic carbocycles. The average molecular weight is 573 g/mol. The van der Waals surface area contributed by atoms with Gasteiger partial charge in [0.05, 0.1) is 46.6 Å². The number of benzene rings is 1. The summed E-state index contributed by atoms with van der Waals surface area (Å²) in [6.07, 6.45) is 0.477. The predicted octanol–water partition coefficient (Wildman–Crippen LogP) is 5.88. The number of amides is 1. The summed E-state index contributed by atoms with van der Waals surface area (Å²) in [4.78, 5) is 17.7. The molecule has 9 nitrogen and oxygen atoms in total. The lowest BCUT2D eigenvalue weighted by atomic mass is 10.1. The number of hydrogen-bond donors (Lipinski definition) is 1. The van der Waals surface area contributed by atoms with E-state index in [4.69, 9.17) is 23.2 Å². The minimum absolute atomic E-state index is 0.191. The monoisotopic (exact) mass is 572 g/mol. The van der Waals surface area contributed by atoms with Crippen molar-refractivity contribution in [2.75, 3.05) is 5.32 Å². The van der Waals surface area contributed by atoms with Gasteiger partial charge in [-0.15, -0.1) is 0 Å². The molecule has 0 atom stereocenters. The maximum absolute atomic E-state index is 14.0. The first kappa shape index (κ1) is 26.8. The summed E-state index contributed by atoms with van der Waals surface area (Å²) in [6, 6.07) is 6.61. The molecule has 39 heavy (non-hydrogen) atoms. The third-order valence-corrected chi connectivity index (χ3v) is 7.16. The molecule has 1 N–H and O–H groups in total. The molecule has 0 aliphatic carbocycles. The molecule has 0 unspecified atom stereocenters. The number of halogens is 4. The number of rotatable bonds is 7. The zero-order chi connectivity index (χ0) is 28.0. The van der Waals surface area contributed by atoms with Gasteiger partial charge in [-0.05, 0) is 39.0 Å². The molecule has 0 bridgehead atoms. The summed E-state index contributed by atoms with van der Waals surface area (Å²) in [5, 5.41) is 17.2. The van der Waals surface area contributed by atoms with Crippen molar-refractivity contribution in [3.63, 3.8) is 0 Å². The summed E-state index contributed by atoms with van der Waals surface area (Å²) in [6.45, 7) is 5.30. The predicted molar refractivity (Wildman–Crippen MR) is 145 cm³/mol. The third kappa shape index (κ3) is 5.11. The van der Waals surface area contributed by atoms with Gasteiger partial charge in [0.2, 0.25) is 5.91 Å². The van der Waals surface area contributed by atoms with Gasteiger partial charge in [0.25, 0.3) is 6.43 Å². The number of fused-ring (bicyclic) bond motifs is 1. The van der Waals surface area contributed by atoms with Gasteiger partial charge >= 0.3 is 0 Å². The van der Waals surface area contributed by atoms with Crippen LogP contribution in [0.2, 0.25) is 10.0 Å². The van der Waals surface area contributed by atoms with Crippen LogP contribution in [-0.2, 0) is 24.9 Å². The minimum Gasteiger partial charge on any atom is -0.321 e. The van der Waals surface area contributed by atoms with Crippen LogP contribution in [0.3, 0.4) is 0 Å². The zero-order valence-electron chi connectivity index (χ0n) is 21.5. The second kappa shape index (κ2) is 10.4. The fourth-order valence-electron chi connectivity index (χ4n) is 4.55. The van der Waals surface area contributed by atoms with E-state index in [1.165, 1.54) is 10.7 Å². The Balaban J connectivity index is 1.45. The first-order valence-electron chi connectivity index (χ1n) is 12.0. The standard InChI is InChI=1S/C26H24Cl2F2N8O/c1-13-23-17(25(29)30)8-21(16-9-31-36(4)10-16)32-26(23)38(34-13)12-22(39)33-24-14(2)35-37(15(24)3)11-18-19(27)6-5-7-20(18)28/h5-10,25H,11-12H2,1-4H3,(H,33,39). The minimum atomic E-state index is -2.75. The van der Waals surface area contributed by atoms with Crippen LogP contribution >= 0.6 is 23.2 Å². The van der Waals surface area contributed by atoms with Crippen LogP contribution in [0.15, 0.2) is 36.7 Å². The number of carbonyl (C=O) groups excluding carboxylic acids is 1. The number of hydrogen-bond acceptors (Lipinski definition) is 5. The van der Waals surface area contributed by atoms with E-state index in [2.05, 4.69) is 25.6 Å². The van der Waals surface area contributed by atoms with Gasteiger partial charge < -0.3 is 5.32 Å². The Kier molecular flexibility index (Phi) is 7.13. The lowest BCUT2D eigenvalue weighted by Crippen LogP contribution is -2.20. The van der Waals surface area contributed by atoms with E-state index in [-0.39, 0.29) is 23.1 Å². The first-order chi connectivity index (χ1) is 18.5. The SMILES string of the molecule is Cc1nn(Cc2c(Cl)cccc2Cl)c(C)c1NC(=O)Cn1nc(C)c2c(C(F)F)cc(-c3cnn(C)c3)nc21. The normalized spacial score (nSPS) is 11.6. The van der Waals surface area contributed by atoms with Crippen LogP contribution < -0.4 is 5.32 Å². The number of carbonyl (C=O) groups is 1. The highest BCUT2D eigenvalue weighted by atomic mass is 35.5. The quantitative estimate of drug-likeness (QED) is 0.262. The fraction of sp³-hybridized carbons (Fsp3) is 0.269. The van der Waals surface area contributed by atoms with E-state index < -0.39 is 12.3 Å². The van der Waals surface area contributed by atoms with E-state index in [1.54, 1.807) is 60.9 Å². The summed E-state index contributed by atoms with van der Waals surface area (Å²) >= 11 is 12.6. The zero-order valence-corrected chi connectivity index (χ0v) is 23.0. The van der Waals surface area contributed by atoms with Crippen LogP contribution in [0.25, 0.3) is 22.3 Å². The third-order valence-electron chi connectivity index (χ3n) is 6.45. The maximum atomic E-state index is 14.0. The molecule has 0 radical (unpaired) electrons. The number of aryl methyl sites for hydroxylation is 3. The van der Waals surface area contributed by atoms with Crippen molar-refractivity contribution in [1.82, 2.24) is 34.3 Å². The van der Waals surface area contributed by atoms with Crippen molar-refractivity contribution in [3.05, 3.63) is 74.9 Å². The lowest BCUT2D eigenvalue weighted by Gasteiger charge is -2.10. The van der Waals surface area contributed by atoms with E-state index in [9.17, 15) is 13.6 Å². The second-order valence-corrected chi connectivity index (χ2v) is 10.0. The van der Waals surface area contributed by atoms with Gasteiger partial charge in [-0.25, -0.2) is 18.4 Å². The largest absolute Gasteiger partial charge is 0.321 e. The number of alkyl halides is 2. The number of aromatic nitrogens is 7. The summed E-state index contributed by atoms with van der Waals surface area (Å²) in [7, 11) is 1.73. The van der Waals surface area contributed by atoms with Crippen LogP contribution in [0.1, 0.15) is 34.6 Å². The Morgan fingerprint density at radius 1 is 1.08 bits per heavy atom. The van der Waals surface area contributed by atoms with Gasteiger partial charge in [-0.1, -0.05) is 29.3 Å². The second-order valence-electron chi connectivity index (χ2n) is 9.19. The molecule has 4 aromatic heterocycles. The molecular weight excluding hydrogens is 549 g/mol. The van der Waals surface area contributed by atoms with Crippen LogP contribution in [-0.4, -0.2) is 40.2 Å². The van der Waals surface area contributed by atoms with Crippen molar-refractivity contribution in [2.24, 2.45) is 7.05 Å². The van der Waals surface area contributed by atoms with Gasteiger partial charge in [0, 0.05) is 40.0 Å². The maximum Gasteiger partial charge on any atom is 0.264 e. The van der Waals surface area contributed by atoms with Gasteiger partial charge in [-0.2, -0.15) is 15.3 Å². The molecule has 0 fully saturated rings. The van der Waals surface area contributed by atoms with E-state index in [0.717, 1.165) is 0 Å². The van der Waals surface area contributed by atoms with E-state index in [1.807, 2.05) is 6.92 Å². The van der Waals surface area contributed by atoms with Crippen molar-refractivity contribution < 1.29 is 13.6 Å². The summed E-state index contributed by atoms with van der Waals surface area (Å²) in [5.41, 5.74) is 3.80. The Morgan fingerprint density at radius 2 is 1.77 bits per heavy atom. The Labute approximate surface area is 232 Å². The van der Waals surface area contributed by atoms with Crippen molar-refractivity contribution >= 4 is 45.8 Å². The number of nitrogens with one attached hydrogen (secondary N) is 1. The van der Waals surface area contributed by atoms with Gasteiger partial charge in [0.1, 0.15) is 6.54 Å².